The third kappa shape index (κ3) is 14.2. The van der Waals surface area contributed by atoms with Crippen LogP contribution in [-0.4, -0.2) is 23.3 Å². The molecule has 1 heterocycles. The maximum Gasteiger partial charge on any atom is 0.224 e. The fraction of sp³-hybridized carbons (Fsp3) is 0.571. The van der Waals surface area contributed by atoms with Gasteiger partial charge in [0.15, 0.2) is 0 Å². The summed E-state index contributed by atoms with van der Waals surface area (Å²) in [6.45, 7) is 5.89. The minimum atomic E-state index is 0. The highest BCUT2D eigenvalue weighted by molar-refractivity contribution is 8.93. The summed E-state index contributed by atoms with van der Waals surface area (Å²) in [5.41, 5.74) is 3.07. The molecule has 0 aromatic heterocycles. The number of rotatable bonds is 21. The molecule has 3 rings (SSSR count). The van der Waals surface area contributed by atoms with Crippen LogP contribution >= 0.6 is 40.3 Å². The lowest BCUT2D eigenvalue weighted by molar-refractivity contribution is -0.116. The maximum atomic E-state index is 12.6. The predicted molar refractivity (Wildman–Crippen MR) is 188 cm³/mol. The molecule has 0 N–H and O–H groups in total. The molecule has 0 bridgehead atoms. The SMILES string of the molecule is Br.CCCCCCCCCCCCCCCCOc1ccc(CN(C(C)=O)c2cccc(CN3C=CSC3)c2)cc1Cl. The van der Waals surface area contributed by atoms with E-state index >= 15 is 0 Å². The van der Waals surface area contributed by atoms with Crippen LogP contribution in [0.15, 0.2) is 54.1 Å². The van der Waals surface area contributed by atoms with Gasteiger partial charge in [-0.05, 0) is 47.2 Å². The number of halogens is 2. The fourth-order valence-electron chi connectivity index (χ4n) is 5.27. The van der Waals surface area contributed by atoms with Crippen molar-refractivity contribution >= 4 is 51.9 Å². The topological polar surface area (TPSA) is 32.8 Å². The van der Waals surface area contributed by atoms with Gasteiger partial charge in [-0.1, -0.05) is 120 Å². The molecular formula is C35H52BrClN2O2S. The Morgan fingerprint density at radius 3 is 2.10 bits per heavy atom. The molecule has 2 aromatic carbocycles. The molecule has 0 atom stereocenters. The number of thioether (sulfide) groups is 1. The number of amides is 1. The van der Waals surface area contributed by atoms with Crippen LogP contribution in [0.1, 0.15) is 115 Å². The number of nitrogens with zero attached hydrogens (tertiary/aromatic N) is 2. The van der Waals surface area contributed by atoms with Crippen molar-refractivity contribution in [1.29, 1.82) is 0 Å². The van der Waals surface area contributed by atoms with E-state index in [0.29, 0.717) is 18.2 Å². The molecule has 1 aliphatic rings. The first-order valence-corrected chi connectivity index (χ1v) is 17.3. The van der Waals surface area contributed by atoms with Gasteiger partial charge in [0, 0.05) is 25.4 Å². The van der Waals surface area contributed by atoms with E-state index in [4.69, 9.17) is 16.3 Å². The van der Waals surface area contributed by atoms with Gasteiger partial charge in [-0.3, -0.25) is 4.79 Å². The van der Waals surface area contributed by atoms with Crippen molar-refractivity contribution in [2.75, 3.05) is 17.4 Å². The summed E-state index contributed by atoms with van der Waals surface area (Å²) in [6.07, 6.45) is 21.0. The number of benzene rings is 2. The fourth-order valence-corrected chi connectivity index (χ4v) is 6.24. The molecule has 0 radical (unpaired) electrons. The van der Waals surface area contributed by atoms with Gasteiger partial charge >= 0.3 is 0 Å². The molecular weight excluding hydrogens is 628 g/mol. The average Bonchev–Trinajstić information content (AvgIpc) is 3.48. The zero-order valence-electron chi connectivity index (χ0n) is 25.8. The van der Waals surface area contributed by atoms with Crippen molar-refractivity contribution in [3.63, 3.8) is 0 Å². The Morgan fingerprint density at radius 2 is 1.52 bits per heavy atom. The summed E-state index contributed by atoms with van der Waals surface area (Å²) in [6, 6.07) is 14.1. The van der Waals surface area contributed by atoms with Crippen molar-refractivity contribution in [2.24, 2.45) is 0 Å². The van der Waals surface area contributed by atoms with Crippen molar-refractivity contribution in [3.8, 4) is 5.75 Å². The monoisotopic (exact) mass is 678 g/mol. The van der Waals surface area contributed by atoms with E-state index in [2.05, 4.69) is 35.6 Å². The summed E-state index contributed by atoms with van der Waals surface area (Å²) >= 11 is 8.37. The summed E-state index contributed by atoms with van der Waals surface area (Å²) in [7, 11) is 0. The second-order valence-electron chi connectivity index (χ2n) is 11.3. The minimum Gasteiger partial charge on any atom is -0.492 e. The number of carbonyl (C=O) groups excluding carboxylic acids is 1. The van der Waals surface area contributed by atoms with Crippen molar-refractivity contribution in [3.05, 3.63) is 70.2 Å². The maximum absolute atomic E-state index is 12.6. The molecule has 0 saturated heterocycles. The highest BCUT2D eigenvalue weighted by Gasteiger charge is 2.15. The molecule has 2 aromatic rings. The molecule has 4 nitrogen and oxygen atoms in total. The Balaban J connectivity index is 0.00000616. The summed E-state index contributed by atoms with van der Waals surface area (Å²) < 4.78 is 5.99. The predicted octanol–water partition coefficient (Wildman–Crippen LogP) is 11.3. The second kappa shape index (κ2) is 22.0. The van der Waals surface area contributed by atoms with Gasteiger partial charge in [0.25, 0.3) is 0 Å². The number of hydrogen-bond acceptors (Lipinski definition) is 4. The third-order valence-corrected chi connectivity index (χ3v) is 8.78. The Labute approximate surface area is 275 Å². The first-order chi connectivity index (χ1) is 20.1. The standard InChI is InChI=1S/C35H51ClN2O2S.BrH/c1-3-4-5-6-7-8-9-10-11-12-13-14-15-16-23-40-35-21-20-32(26-34(35)36)28-38(30(2)39)33-19-17-18-31(25-33)27-37-22-24-41-29-37;/h17-22,24-26H,3-16,23,27-29H2,1-2H3;1H. The molecule has 7 heteroatoms. The highest BCUT2D eigenvalue weighted by atomic mass is 79.9. The summed E-state index contributed by atoms with van der Waals surface area (Å²) in [5.74, 6) is 1.69. The normalized spacial score (nSPS) is 12.4. The zero-order chi connectivity index (χ0) is 29.1. The Bertz CT molecular complexity index is 1070. The lowest BCUT2D eigenvalue weighted by Gasteiger charge is -2.23. The van der Waals surface area contributed by atoms with E-state index in [9.17, 15) is 4.79 Å². The molecule has 0 fully saturated rings. The van der Waals surface area contributed by atoms with Gasteiger partial charge in [-0.15, -0.1) is 28.7 Å². The van der Waals surface area contributed by atoms with Crippen LogP contribution in [0.3, 0.4) is 0 Å². The van der Waals surface area contributed by atoms with E-state index in [0.717, 1.165) is 35.8 Å². The molecule has 0 saturated carbocycles. The van der Waals surface area contributed by atoms with Crippen molar-refractivity contribution in [1.82, 2.24) is 4.90 Å². The zero-order valence-corrected chi connectivity index (χ0v) is 29.1. The number of ether oxygens (including phenoxy) is 1. The first-order valence-electron chi connectivity index (χ1n) is 15.9. The van der Waals surface area contributed by atoms with Gasteiger partial charge in [0.2, 0.25) is 5.91 Å². The molecule has 42 heavy (non-hydrogen) atoms. The lowest BCUT2D eigenvalue weighted by Crippen LogP contribution is -2.28. The molecule has 1 aliphatic heterocycles. The summed E-state index contributed by atoms with van der Waals surface area (Å²) in [4.78, 5) is 16.6. The summed E-state index contributed by atoms with van der Waals surface area (Å²) in [5, 5.41) is 2.71. The van der Waals surface area contributed by atoms with Crippen LogP contribution in [0.2, 0.25) is 5.02 Å². The number of hydrogen-bond donors (Lipinski definition) is 0. The Morgan fingerprint density at radius 1 is 0.881 bits per heavy atom. The van der Waals surface area contributed by atoms with E-state index in [1.165, 1.54) is 89.0 Å². The van der Waals surface area contributed by atoms with Gasteiger partial charge in [0.1, 0.15) is 5.75 Å². The lowest BCUT2D eigenvalue weighted by atomic mass is 10.0. The molecule has 0 aliphatic carbocycles. The van der Waals surface area contributed by atoms with Crippen LogP contribution in [0.4, 0.5) is 5.69 Å². The number of anilines is 1. The van der Waals surface area contributed by atoms with E-state index in [1.54, 1.807) is 23.6 Å². The van der Waals surface area contributed by atoms with Gasteiger partial charge in [-0.25, -0.2) is 0 Å². The van der Waals surface area contributed by atoms with E-state index in [-0.39, 0.29) is 22.9 Å². The first kappa shape index (κ1) is 36.6. The van der Waals surface area contributed by atoms with Crippen LogP contribution in [0, 0.1) is 0 Å². The second-order valence-corrected chi connectivity index (χ2v) is 12.6. The number of carbonyl (C=O) groups is 1. The molecule has 1 amide bonds. The van der Waals surface area contributed by atoms with E-state index < -0.39 is 0 Å². The molecule has 0 spiro atoms. The van der Waals surface area contributed by atoms with Gasteiger partial charge in [-0.2, -0.15) is 0 Å². The highest BCUT2D eigenvalue weighted by Crippen LogP contribution is 2.28. The van der Waals surface area contributed by atoms with Crippen LogP contribution < -0.4 is 9.64 Å². The Hall–Kier alpha value is -1.63. The quantitative estimate of drug-likeness (QED) is 0.123. The molecule has 234 valence electrons. The average molecular weight is 680 g/mol. The Kier molecular flexibility index (Phi) is 19.1. The van der Waals surface area contributed by atoms with Gasteiger partial charge in [0.05, 0.1) is 24.1 Å². The van der Waals surface area contributed by atoms with Crippen LogP contribution in [0.25, 0.3) is 0 Å². The largest absolute Gasteiger partial charge is 0.492 e. The smallest absolute Gasteiger partial charge is 0.224 e. The van der Waals surface area contributed by atoms with E-state index in [1.807, 2.05) is 30.3 Å². The third-order valence-electron chi connectivity index (χ3n) is 7.69. The van der Waals surface area contributed by atoms with Crippen LogP contribution in [-0.2, 0) is 17.9 Å². The molecule has 0 unspecified atom stereocenters. The van der Waals surface area contributed by atoms with Crippen molar-refractivity contribution < 1.29 is 9.53 Å². The van der Waals surface area contributed by atoms with Crippen LogP contribution in [0.5, 0.6) is 5.75 Å². The minimum absolute atomic E-state index is 0. The van der Waals surface area contributed by atoms with Crippen molar-refractivity contribution in [2.45, 2.75) is 117 Å². The number of unbranched alkanes of at least 4 members (excludes halogenated alkanes) is 13. The van der Waals surface area contributed by atoms with Gasteiger partial charge < -0.3 is 14.5 Å².